The number of hydrogen-bond acceptors (Lipinski definition) is 2. The van der Waals surface area contributed by atoms with Gasteiger partial charge in [-0.25, -0.2) is 0 Å². The van der Waals surface area contributed by atoms with E-state index in [2.05, 4.69) is 225 Å². The van der Waals surface area contributed by atoms with Gasteiger partial charge in [-0.05, 0) is 128 Å². The molecule has 68 heavy (non-hydrogen) atoms. The first-order valence-corrected chi connectivity index (χ1v) is 25.6. The molecule has 0 aliphatic rings. The number of hydrogen-bond donors (Lipinski definition) is 0. The Bertz CT molecular complexity index is 3870. The van der Waals surface area contributed by atoms with Gasteiger partial charge in [0.1, 0.15) is 0 Å². The molecule has 0 N–H and O–H groups in total. The molecular formula is C66H56S2. The topological polar surface area (TPSA) is 0 Å². The largest absolute Gasteiger partial charge is 0.134 e. The van der Waals surface area contributed by atoms with Crippen LogP contribution in [0.4, 0.5) is 0 Å². The summed E-state index contributed by atoms with van der Waals surface area (Å²) in [6, 6.07) is 67.1. The number of aryl methyl sites for hydroxylation is 1. The molecule has 0 amide bonds. The first kappa shape index (κ1) is 43.8. The van der Waals surface area contributed by atoms with Crippen molar-refractivity contribution in [2.45, 2.75) is 78.1 Å². The molecule has 2 aromatic heterocycles. The lowest BCUT2D eigenvalue weighted by atomic mass is 9.72. The normalized spacial score (nSPS) is 13.1. The standard InChI is InChI=1S/C59H48S2.C7H8/c1-57(2,3)41-30-45-51-48(33-41)56-54(44-28-26-40(34-50(44)61-56)59(7,39-21-15-10-16-22-39)35-38-19-13-9-14-20-38)46-31-42(58(4,5)6)32-47(52(46)51)55-53(45)43-27-25-37(29-49(43)60-55)24-23-36-17-11-8-12-18-36;1-7-5-3-2-4-6-7/h8-22,25-34H,35H2,1-7H3;2-6H,1H3. The fourth-order valence-corrected chi connectivity index (χ4v) is 12.9. The van der Waals surface area contributed by atoms with Gasteiger partial charge in [0, 0.05) is 67.7 Å². The van der Waals surface area contributed by atoms with Crippen LogP contribution in [0.3, 0.4) is 0 Å². The maximum Gasteiger partial charge on any atom is 0.0440 e. The third kappa shape index (κ3) is 7.73. The minimum atomic E-state index is -0.207. The molecule has 0 spiro atoms. The fraction of sp³-hybridized carbons (Fsp3) is 0.182. The maximum absolute atomic E-state index is 3.48. The molecule has 0 aliphatic heterocycles. The molecule has 2 heteroatoms. The zero-order valence-electron chi connectivity index (χ0n) is 40.3. The lowest BCUT2D eigenvalue weighted by Gasteiger charge is -2.31. The van der Waals surface area contributed by atoms with Crippen molar-refractivity contribution in [3.8, 4) is 11.8 Å². The number of benzene rings is 10. The molecule has 10 aromatic carbocycles. The number of rotatable bonds is 4. The Kier molecular flexibility index (Phi) is 10.8. The van der Waals surface area contributed by atoms with Gasteiger partial charge in [0.15, 0.2) is 0 Å². The minimum absolute atomic E-state index is 0.0344. The maximum atomic E-state index is 3.48. The minimum Gasteiger partial charge on any atom is -0.134 e. The predicted molar refractivity (Wildman–Crippen MR) is 300 cm³/mol. The highest BCUT2D eigenvalue weighted by atomic mass is 32.1. The molecule has 12 rings (SSSR count). The third-order valence-corrected chi connectivity index (χ3v) is 16.6. The molecule has 1 unspecified atom stereocenters. The fourth-order valence-electron chi connectivity index (χ4n) is 10.4. The molecule has 0 saturated heterocycles. The molecule has 0 radical (unpaired) electrons. The second kappa shape index (κ2) is 16.8. The summed E-state index contributed by atoms with van der Waals surface area (Å²) < 4.78 is 5.41. The van der Waals surface area contributed by atoms with Crippen LogP contribution >= 0.6 is 22.7 Å². The summed E-state index contributed by atoms with van der Waals surface area (Å²) in [6.07, 6.45) is 0.925. The van der Waals surface area contributed by atoms with Gasteiger partial charge in [-0.2, -0.15) is 0 Å². The van der Waals surface area contributed by atoms with Gasteiger partial charge in [0.25, 0.3) is 0 Å². The van der Waals surface area contributed by atoms with E-state index in [1.165, 1.54) is 106 Å². The van der Waals surface area contributed by atoms with Gasteiger partial charge < -0.3 is 0 Å². The first-order chi connectivity index (χ1) is 32.7. The summed E-state index contributed by atoms with van der Waals surface area (Å²) in [6.45, 7) is 18.7. The second-order valence-electron chi connectivity index (χ2n) is 21.1. The van der Waals surface area contributed by atoms with Crippen molar-refractivity contribution in [3.05, 3.63) is 226 Å². The molecule has 2 heterocycles. The Morgan fingerprint density at radius 3 is 1.34 bits per heavy atom. The van der Waals surface area contributed by atoms with Crippen LogP contribution in [-0.2, 0) is 22.7 Å². The van der Waals surface area contributed by atoms with Gasteiger partial charge in [0.2, 0.25) is 0 Å². The van der Waals surface area contributed by atoms with E-state index in [1.54, 1.807) is 0 Å². The Balaban J connectivity index is 0.000000667. The van der Waals surface area contributed by atoms with Gasteiger partial charge >= 0.3 is 0 Å². The first-order valence-electron chi connectivity index (χ1n) is 24.0. The van der Waals surface area contributed by atoms with Gasteiger partial charge in [-0.3, -0.25) is 0 Å². The summed E-state index contributed by atoms with van der Waals surface area (Å²) in [4.78, 5) is 0. The van der Waals surface area contributed by atoms with Gasteiger partial charge in [-0.15, -0.1) is 22.7 Å². The molecular weight excluding hydrogens is 857 g/mol. The van der Waals surface area contributed by atoms with Crippen LogP contribution in [0.15, 0.2) is 182 Å². The van der Waals surface area contributed by atoms with Crippen LogP contribution in [0.1, 0.15) is 93.0 Å². The highest BCUT2D eigenvalue weighted by molar-refractivity contribution is 7.27. The molecule has 1 atom stereocenters. The van der Waals surface area contributed by atoms with Crippen LogP contribution in [-0.4, -0.2) is 0 Å². The Hall–Kier alpha value is -6.76. The summed E-state index contributed by atoms with van der Waals surface area (Å²) in [5.74, 6) is 6.87. The molecule has 0 bridgehead atoms. The quantitative estimate of drug-likeness (QED) is 0.122. The van der Waals surface area contributed by atoms with E-state index in [4.69, 9.17) is 0 Å². The molecule has 332 valence electrons. The van der Waals surface area contributed by atoms with E-state index in [0.29, 0.717) is 0 Å². The van der Waals surface area contributed by atoms with Crippen molar-refractivity contribution in [2.75, 3.05) is 0 Å². The summed E-state index contributed by atoms with van der Waals surface area (Å²) in [5, 5.41) is 13.7. The monoisotopic (exact) mass is 912 g/mol. The third-order valence-electron chi connectivity index (χ3n) is 14.2. The van der Waals surface area contributed by atoms with Crippen molar-refractivity contribution in [1.29, 1.82) is 0 Å². The number of fused-ring (bicyclic) bond motifs is 10. The zero-order valence-corrected chi connectivity index (χ0v) is 42.0. The molecule has 0 fully saturated rings. The van der Waals surface area contributed by atoms with Crippen molar-refractivity contribution in [2.24, 2.45) is 0 Å². The second-order valence-corrected chi connectivity index (χ2v) is 23.2. The van der Waals surface area contributed by atoms with Crippen molar-refractivity contribution in [3.63, 3.8) is 0 Å². The number of thiophene rings is 2. The van der Waals surface area contributed by atoms with Crippen LogP contribution in [0.25, 0.3) is 72.7 Å². The van der Waals surface area contributed by atoms with Gasteiger partial charge in [-0.1, -0.05) is 193 Å². The summed E-state index contributed by atoms with van der Waals surface area (Å²) in [5.41, 5.74) is 9.92. The van der Waals surface area contributed by atoms with E-state index in [0.717, 1.165) is 17.5 Å². The molecule has 0 nitrogen and oxygen atoms in total. The molecule has 0 saturated carbocycles. The Morgan fingerprint density at radius 1 is 0.368 bits per heavy atom. The lowest BCUT2D eigenvalue weighted by Crippen LogP contribution is -2.26. The molecule has 12 aromatic rings. The highest BCUT2D eigenvalue weighted by Crippen LogP contribution is 2.54. The smallest absolute Gasteiger partial charge is 0.0440 e. The van der Waals surface area contributed by atoms with Crippen LogP contribution in [0.5, 0.6) is 0 Å². The highest BCUT2D eigenvalue weighted by Gasteiger charge is 2.31. The van der Waals surface area contributed by atoms with Gasteiger partial charge in [0.05, 0.1) is 0 Å². The average Bonchev–Trinajstić information content (AvgIpc) is 3.93. The van der Waals surface area contributed by atoms with Crippen molar-refractivity contribution >= 4 is 95.3 Å². The van der Waals surface area contributed by atoms with Crippen LogP contribution in [0, 0.1) is 18.8 Å². The van der Waals surface area contributed by atoms with Crippen molar-refractivity contribution in [1.82, 2.24) is 0 Å². The average molecular weight is 913 g/mol. The van der Waals surface area contributed by atoms with E-state index in [9.17, 15) is 0 Å². The Labute approximate surface area is 409 Å². The van der Waals surface area contributed by atoms with E-state index in [1.807, 2.05) is 46.9 Å². The van der Waals surface area contributed by atoms with Crippen molar-refractivity contribution < 1.29 is 0 Å². The summed E-state index contributed by atoms with van der Waals surface area (Å²) in [7, 11) is 0. The summed E-state index contributed by atoms with van der Waals surface area (Å²) >= 11 is 3.93. The molecule has 0 aliphatic carbocycles. The predicted octanol–water partition coefficient (Wildman–Crippen LogP) is 18.9. The lowest BCUT2D eigenvalue weighted by molar-refractivity contribution is 0.568. The SMILES string of the molecule is CC(C)(C)c1cc2c3sc4cc(C#Cc5ccccc5)ccc4c3c3cc(C(C)(C)C)cc4c5sc6cc(C(C)(Cc7ccccc7)c7ccccc7)ccc6c5c(c1)c2c43.Cc1ccccc1. The van der Waals surface area contributed by atoms with Crippen LogP contribution < -0.4 is 0 Å². The Morgan fingerprint density at radius 2 is 0.824 bits per heavy atom. The van der Waals surface area contributed by atoms with E-state index in [-0.39, 0.29) is 16.2 Å². The van der Waals surface area contributed by atoms with E-state index >= 15 is 0 Å². The zero-order chi connectivity index (χ0) is 47.0. The van der Waals surface area contributed by atoms with E-state index < -0.39 is 0 Å². The van der Waals surface area contributed by atoms with Crippen LogP contribution in [0.2, 0.25) is 0 Å².